The number of esters is 1. The molecule has 1 unspecified atom stereocenters. The summed E-state index contributed by atoms with van der Waals surface area (Å²) in [6, 6.07) is 15.6. The summed E-state index contributed by atoms with van der Waals surface area (Å²) in [5.74, 6) is 0.792. The average molecular weight is 320 g/mol. The predicted octanol–water partition coefficient (Wildman–Crippen LogP) is 3.23. The molecule has 0 saturated heterocycles. The van der Waals surface area contributed by atoms with Crippen LogP contribution in [-0.4, -0.2) is 12.0 Å². The van der Waals surface area contributed by atoms with Crippen LogP contribution in [0.15, 0.2) is 42.5 Å². The molecule has 1 heterocycles. The highest BCUT2D eigenvalue weighted by Crippen LogP contribution is 2.31. The van der Waals surface area contributed by atoms with Gasteiger partial charge in [-0.05, 0) is 46.7 Å². The highest BCUT2D eigenvalue weighted by Gasteiger charge is 2.20. The summed E-state index contributed by atoms with van der Waals surface area (Å²) in [6.45, 7) is 2.07. The van der Waals surface area contributed by atoms with E-state index in [0.29, 0.717) is 18.6 Å². The number of rotatable bonds is 3. The van der Waals surface area contributed by atoms with Crippen LogP contribution >= 0.6 is 0 Å². The van der Waals surface area contributed by atoms with Gasteiger partial charge in [0, 0.05) is 12.8 Å². The maximum absolute atomic E-state index is 11.7. The van der Waals surface area contributed by atoms with Crippen LogP contribution in [0.2, 0.25) is 0 Å². The van der Waals surface area contributed by atoms with Gasteiger partial charge in [0.25, 0.3) is 0 Å². The number of carbonyl (C=O) groups is 1. The van der Waals surface area contributed by atoms with Gasteiger partial charge in [-0.25, -0.2) is 0 Å². The van der Waals surface area contributed by atoms with Crippen LogP contribution in [0.1, 0.15) is 24.5 Å². The molecule has 3 rings (SSSR count). The molecule has 1 aliphatic heterocycles. The van der Waals surface area contributed by atoms with Crippen LogP contribution in [-0.2, 0) is 17.6 Å². The minimum Gasteiger partial charge on any atom is -0.426 e. The van der Waals surface area contributed by atoms with Gasteiger partial charge >= 0.3 is 5.97 Å². The largest absolute Gasteiger partial charge is 0.426 e. The van der Waals surface area contributed by atoms with Gasteiger partial charge in [-0.3, -0.25) is 4.79 Å². The lowest BCUT2D eigenvalue weighted by Gasteiger charge is -2.10. The maximum Gasteiger partial charge on any atom is 0.311 e. The quantitative estimate of drug-likeness (QED) is 0.696. The van der Waals surface area contributed by atoms with E-state index in [0.717, 1.165) is 28.7 Å². The highest BCUT2D eigenvalue weighted by molar-refractivity contribution is 5.75. The van der Waals surface area contributed by atoms with Gasteiger partial charge in [0.1, 0.15) is 5.75 Å². The third-order valence-corrected chi connectivity index (χ3v) is 4.28. The number of ether oxygens (including phenoxy) is 1. The van der Waals surface area contributed by atoms with Gasteiger partial charge in [0.05, 0.1) is 12.1 Å². The molecule has 2 aromatic carbocycles. The van der Waals surface area contributed by atoms with Crippen molar-refractivity contribution in [2.75, 3.05) is 0 Å². The average Bonchev–Trinajstić information content (AvgIpc) is 2.71. The zero-order chi connectivity index (χ0) is 17.1. The summed E-state index contributed by atoms with van der Waals surface area (Å²) in [5, 5.41) is 8.79. The fourth-order valence-electron chi connectivity index (χ4n) is 3.05. The van der Waals surface area contributed by atoms with Gasteiger partial charge < -0.3 is 10.5 Å². The molecule has 122 valence electrons. The molecule has 0 saturated carbocycles. The molecule has 2 atom stereocenters. The summed E-state index contributed by atoms with van der Waals surface area (Å²) in [5.41, 5.74) is 9.97. The third kappa shape index (κ3) is 3.64. The minimum absolute atomic E-state index is 0.160. The Morgan fingerprint density at radius 3 is 2.62 bits per heavy atom. The number of fused-ring (bicyclic) bond motifs is 1. The second-order valence-corrected chi connectivity index (χ2v) is 6.45. The Morgan fingerprint density at radius 1 is 1.21 bits per heavy atom. The smallest absolute Gasteiger partial charge is 0.311 e. The number of hydrogen-bond donors (Lipinski definition) is 1. The molecule has 4 heteroatoms. The van der Waals surface area contributed by atoms with E-state index >= 15 is 0 Å². The second-order valence-electron chi connectivity index (χ2n) is 6.45. The van der Waals surface area contributed by atoms with E-state index in [1.807, 2.05) is 42.5 Å². The van der Waals surface area contributed by atoms with Gasteiger partial charge in [-0.2, -0.15) is 5.26 Å². The lowest BCUT2D eigenvalue weighted by atomic mass is 9.95. The minimum atomic E-state index is -0.473. The van der Waals surface area contributed by atoms with Crippen molar-refractivity contribution in [1.29, 1.82) is 5.26 Å². The summed E-state index contributed by atoms with van der Waals surface area (Å²) in [7, 11) is 0. The zero-order valence-electron chi connectivity index (χ0n) is 13.7. The molecular formula is C20H20N2O2. The molecule has 0 aromatic heterocycles. The standard InChI is InChI=1S/C20H20N2O2/c1-13-8-17-11-16(6-7-19(17)24-20(23)9-13)15-4-2-14(3-5-15)10-18(22)12-21/h2-7,11,13,18H,8-10,22H2,1H3/t13?,18-/m0/s1. The molecule has 0 amide bonds. The van der Waals surface area contributed by atoms with Crippen LogP contribution in [0.25, 0.3) is 11.1 Å². The van der Waals surface area contributed by atoms with E-state index in [1.165, 1.54) is 0 Å². The van der Waals surface area contributed by atoms with Crippen molar-refractivity contribution in [1.82, 2.24) is 0 Å². The molecule has 2 aromatic rings. The number of carbonyl (C=O) groups excluding carboxylic acids is 1. The molecular weight excluding hydrogens is 300 g/mol. The number of benzene rings is 2. The van der Waals surface area contributed by atoms with Crippen LogP contribution in [0.5, 0.6) is 5.75 Å². The first-order chi connectivity index (χ1) is 11.5. The SMILES string of the molecule is CC1CC(=O)Oc2ccc(-c3ccc(C[C@H](N)C#N)cc3)cc2C1. The normalized spacial score (nSPS) is 18.0. The van der Waals surface area contributed by atoms with E-state index in [2.05, 4.69) is 13.0 Å². The Labute approximate surface area is 141 Å². The first kappa shape index (κ1) is 16.2. The van der Waals surface area contributed by atoms with Gasteiger partial charge in [0.2, 0.25) is 0 Å². The fourth-order valence-corrected chi connectivity index (χ4v) is 3.05. The molecule has 24 heavy (non-hydrogen) atoms. The fraction of sp³-hybridized carbons (Fsp3) is 0.300. The van der Waals surface area contributed by atoms with Crippen molar-refractivity contribution in [3.63, 3.8) is 0 Å². The lowest BCUT2D eigenvalue weighted by Crippen LogP contribution is -2.19. The summed E-state index contributed by atoms with van der Waals surface area (Å²) in [6.07, 6.45) is 1.84. The van der Waals surface area contributed by atoms with E-state index in [1.54, 1.807) is 0 Å². The molecule has 0 spiro atoms. The van der Waals surface area contributed by atoms with Crippen LogP contribution in [0.4, 0.5) is 0 Å². The van der Waals surface area contributed by atoms with Crippen LogP contribution < -0.4 is 10.5 Å². The Hall–Kier alpha value is -2.64. The van der Waals surface area contributed by atoms with Gasteiger partial charge in [-0.15, -0.1) is 0 Å². The number of nitrogens with zero attached hydrogens (tertiary/aromatic N) is 1. The Balaban J connectivity index is 1.85. The molecule has 2 N–H and O–H groups in total. The first-order valence-electron chi connectivity index (χ1n) is 8.13. The molecule has 1 aliphatic rings. The molecule has 0 bridgehead atoms. The van der Waals surface area contributed by atoms with Crippen molar-refractivity contribution in [3.05, 3.63) is 53.6 Å². The first-order valence-corrected chi connectivity index (χ1v) is 8.13. The summed E-state index contributed by atoms with van der Waals surface area (Å²) < 4.78 is 5.41. The predicted molar refractivity (Wildman–Crippen MR) is 92.3 cm³/mol. The number of nitrogens with two attached hydrogens (primary N) is 1. The van der Waals surface area contributed by atoms with Crippen molar-refractivity contribution < 1.29 is 9.53 Å². The van der Waals surface area contributed by atoms with E-state index in [-0.39, 0.29) is 11.9 Å². The molecule has 0 aliphatic carbocycles. The Kier molecular flexibility index (Phi) is 4.64. The van der Waals surface area contributed by atoms with Crippen molar-refractivity contribution in [2.24, 2.45) is 11.7 Å². The van der Waals surface area contributed by atoms with Gasteiger partial charge in [0.15, 0.2) is 0 Å². The summed E-state index contributed by atoms with van der Waals surface area (Å²) in [4.78, 5) is 11.7. The second kappa shape index (κ2) is 6.86. The molecule has 0 radical (unpaired) electrons. The Morgan fingerprint density at radius 2 is 1.92 bits per heavy atom. The lowest BCUT2D eigenvalue weighted by molar-refractivity contribution is -0.134. The Bertz CT molecular complexity index is 790. The van der Waals surface area contributed by atoms with Crippen molar-refractivity contribution in [2.45, 2.75) is 32.2 Å². The highest BCUT2D eigenvalue weighted by atomic mass is 16.5. The third-order valence-electron chi connectivity index (χ3n) is 4.28. The van der Waals surface area contributed by atoms with E-state index in [4.69, 9.17) is 15.7 Å². The number of hydrogen-bond acceptors (Lipinski definition) is 4. The van der Waals surface area contributed by atoms with E-state index < -0.39 is 6.04 Å². The monoisotopic (exact) mass is 320 g/mol. The van der Waals surface area contributed by atoms with Crippen molar-refractivity contribution in [3.8, 4) is 22.9 Å². The van der Waals surface area contributed by atoms with Gasteiger partial charge in [-0.1, -0.05) is 37.3 Å². The van der Waals surface area contributed by atoms with Crippen LogP contribution in [0, 0.1) is 17.2 Å². The number of nitriles is 1. The summed E-state index contributed by atoms with van der Waals surface area (Å²) >= 11 is 0. The van der Waals surface area contributed by atoms with E-state index in [9.17, 15) is 4.79 Å². The maximum atomic E-state index is 11.7. The zero-order valence-corrected chi connectivity index (χ0v) is 13.7. The van der Waals surface area contributed by atoms with Crippen molar-refractivity contribution >= 4 is 5.97 Å². The topological polar surface area (TPSA) is 76.1 Å². The molecule has 0 fully saturated rings. The molecule has 4 nitrogen and oxygen atoms in total. The van der Waals surface area contributed by atoms with Crippen LogP contribution in [0.3, 0.4) is 0 Å².